The molecule has 0 amide bonds. The van der Waals surface area contributed by atoms with E-state index < -0.39 is 0 Å². The molecule has 5 heteroatoms. The predicted molar refractivity (Wildman–Crippen MR) is 105 cm³/mol. The third kappa shape index (κ3) is 3.64. The number of aromatic amines is 1. The van der Waals surface area contributed by atoms with Crippen molar-refractivity contribution in [2.45, 2.75) is 44.7 Å². The molecule has 0 aliphatic heterocycles. The van der Waals surface area contributed by atoms with Crippen LogP contribution in [0.3, 0.4) is 0 Å². The Hall–Kier alpha value is -2.24. The molecule has 0 saturated heterocycles. The Labute approximate surface area is 157 Å². The number of nitrogens with one attached hydrogen (secondary N) is 1. The van der Waals surface area contributed by atoms with Gasteiger partial charge in [0.1, 0.15) is 5.82 Å². The van der Waals surface area contributed by atoms with Gasteiger partial charge in [-0.3, -0.25) is 9.88 Å². The fourth-order valence-electron chi connectivity index (χ4n) is 3.90. The van der Waals surface area contributed by atoms with Crippen molar-refractivity contribution in [2.75, 3.05) is 13.1 Å². The van der Waals surface area contributed by atoms with Crippen molar-refractivity contribution in [3.05, 3.63) is 59.6 Å². The standard InChI is InChI=1S/C21H27N5/c22-12-3-4-14-26(15-20-24-17-9-1-2-10-18(17)25-20)19-11-5-7-16-8-6-13-23-21(16)19/h1-2,6,8-10,13,19H,3-5,7,11-12,14-15,22H2,(H,24,25)/t19-/m0/s1/i1D,10D. The lowest BCUT2D eigenvalue weighted by molar-refractivity contribution is 0.159. The number of hydrogen-bond acceptors (Lipinski definition) is 4. The Morgan fingerprint density at radius 1 is 1.31 bits per heavy atom. The molecule has 1 atom stereocenters. The highest BCUT2D eigenvalue weighted by Crippen LogP contribution is 2.33. The van der Waals surface area contributed by atoms with Crippen LogP contribution in [0.4, 0.5) is 0 Å². The van der Waals surface area contributed by atoms with Crippen LogP contribution in [0.5, 0.6) is 0 Å². The minimum atomic E-state index is 0.276. The summed E-state index contributed by atoms with van der Waals surface area (Å²) < 4.78 is 15.9. The summed E-state index contributed by atoms with van der Waals surface area (Å²) >= 11 is 0. The molecule has 3 aromatic rings. The summed E-state index contributed by atoms with van der Waals surface area (Å²) in [6, 6.07) is 8.39. The molecule has 4 rings (SSSR count). The van der Waals surface area contributed by atoms with Crippen molar-refractivity contribution in [3.8, 4) is 0 Å². The third-order valence-corrected chi connectivity index (χ3v) is 5.16. The number of unbranched alkanes of at least 4 members (excludes halogenated alkanes) is 1. The number of nitrogens with two attached hydrogens (primary N) is 1. The van der Waals surface area contributed by atoms with E-state index in [1.807, 2.05) is 12.3 Å². The molecule has 26 heavy (non-hydrogen) atoms. The molecule has 0 bridgehead atoms. The van der Waals surface area contributed by atoms with E-state index in [0.29, 0.717) is 30.7 Å². The van der Waals surface area contributed by atoms with Crippen molar-refractivity contribution in [2.24, 2.45) is 5.73 Å². The normalized spacial score (nSPS) is 18.0. The first kappa shape index (κ1) is 14.9. The Morgan fingerprint density at radius 2 is 2.27 bits per heavy atom. The second kappa shape index (κ2) is 7.98. The van der Waals surface area contributed by atoms with Crippen LogP contribution in [0.25, 0.3) is 11.0 Å². The van der Waals surface area contributed by atoms with Crippen LogP contribution in [0.2, 0.25) is 0 Å². The molecule has 0 fully saturated rings. The van der Waals surface area contributed by atoms with Crippen LogP contribution in [0.1, 0.15) is 51.5 Å². The molecule has 0 radical (unpaired) electrons. The summed E-state index contributed by atoms with van der Waals surface area (Å²) in [5.41, 5.74) is 9.65. The molecule has 5 nitrogen and oxygen atoms in total. The van der Waals surface area contributed by atoms with Crippen molar-refractivity contribution < 1.29 is 2.74 Å². The molecule has 1 aromatic carbocycles. The number of nitrogens with zero attached hydrogens (tertiary/aromatic N) is 3. The fourth-order valence-corrected chi connectivity index (χ4v) is 3.90. The second-order valence-electron chi connectivity index (χ2n) is 6.97. The zero-order chi connectivity index (χ0) is 19.5. The van der Waals surface area contributed by atoms with E-state index in [1.54, 1.807) is 6.07 Å². The molecular formula is C21H27N5. The molecule has 0 saturated carbocycles. The van der Waals surface area contributed by atoms with Gasteiger partial charge >= 0.3 is 0 Å². The zero-order valence-electron chi connectivity index (χ0n) is 17.0. The number of aromatic nitrogens is 3. The van der Waals surface area contributed by atoms with E-state index in [2.05, 4.69) is 20.9 Å². The van der Waals surface area contributed by atoms with Crippen LogP contribution < -0.4 is 5.73 Å². The average Bonchev–Trinajstić information content (AvgIpc) is 3.10. The maximum absolute atomic E-state index is 8.09. The first-order valence-corrected chi connectivity index (χ1v) is 9.49. The van der Waals surface area contributed by atoms with Crippen molar-refractivity contribution in [3.63, 3.8) is 0 Å². The molecule has 3 N–H and O–H groups in total. The molecular weight excluding hydrogens is 322 g/mol. The highest BCUT2D eigenvalue weighted by Gasteiger charge is 2.27. The molecule has 2 heterocycles. The topological polar surface area (TPSA) is 70.8 Å². The first-order chi connectivity index (χ1) is 13.7. The minimum absolute atomic E-state index is 0.276. The maximum atomic E-state index is 8.09. The number of H-pyrrole nitrogens is 1. The first-order valence-electron chi connectivity index (χ1n) is 10.5. The van der Waals surface area contributed by atoms with Gasteiger partial charge in [-0.05, 0) is 68.9 Å². The summed E-state index contributed by atoms with van der Waals surface area (Å²) in [5.74, 6) is 0.838. The van der Waals surface area contributed by atoms with E-state index in [-0.39, 0.29) is 6.04 Å². The monoisotopic (exact) mass is 351 g/mol. The van der Waals surface area contributed by atoms with Gasteiger partial charge in [-0.2, -0.15) is 0 Å². The largest absolute Gasteiger partial charge is 0.341 e. The summed E-state index contributed by atoms with van der Waals surface area (Å²) in [7, 11) is 0. The summed E-state index contributed by atoms with van der Waals surface area (Å²) in [4.78, 5) is 15.1. The van der Waals surface area contributed by atoms with Gasteiger partial charge < -0.3 is 10.7 Å². The van der Waals surface area contributed by atoms with Crippen molar-refractivity contribution in [1.29, 1.82) is 0 Å². The zero-order valence-corrected chi connectivity index (χ0v) is 15.0. The molecule has 136 valence electrons. The molecule has 2 aromatic heterocycles. The quantitative estimate of drug-likeness (QED) is 0.638. The van der Waals surface area contributed by atoms with Gasteiger partial charge in [-0.15, -0.1) is 0 Å². The summed E-state index contributed by atoms with van der Waals surface area (Å²) in [6.45, 7) is 2.31. The average molecular weight is 351 g/mol. The van der Waals surface area contributed by atoms with Crippen LogP contribution in [0.15, 0.2) is 42.5 Å². The number of benzene rings is 1. The van der Waals surface area contributed by atoms with Gasteiger partial charge in [0.05, 0.1) is 32.1 Å². The minimum Gasteiger partial charge on any atom is -0.341 e. The Kier molecular flexibility index (Phi) is 4.56. The molecule has 0 spiro atoms. The lowest BCUT2D eigenvalue weighted by atomic mass is 9.90. The van der Waals surface area contributed by atoms with E-state index in [1.165, 1.54) is 17.3 Å². The van der Waals surface area contributed by atoms with E-state index in [9.17, 15) is 0 Å². The highest BCUT2D eigenvalue weighted by molar-refractivity contribution is 5.74. The number of rotatable bonds is 7. The van der Waals surface area contributed by atoms with Gasteiger partial charge in [-0.1, -0.05) is 18.2 Å². The van der Waals surface area contributed by atoms with Crippen LogP contribution in [-0.4, -0.2) is 32.9 Å². The third-order valence-electron chi connectivity index (χ3n) is 5.16. The number of pyridine rings is 1. The molecule has 1 aliphatic rings. The van der Waals surface area contributed by atoms with Crippen molar-refractivity contribution >= 4 is 11.0 Å². The van der Waals surface area contributed by atoms with Crippen LogP contribution in [0, 0.1) is 0 Å². The molecule has 1 aliphatic carbocycles. The predicted octanol–water partition coefficient (Wildman–Crippen LogP) is 3.58. The summed E-state index contributed by atoms with van der Waals surface area (Å²) in [6.07, 6.45) is 7.27. The SMILES string of the molecule is [2H]c1cc([2H])c2nc(CN(CCCCN)[C@H]3CCCc4cccnc43)[nH]c2c1. The smallest absolute Gasteiger partial charge is 0.121 e. The number of imidazole rings is 1. The fraction of sp³-hybridized carbons (Fsp3) is 0.429. The lowest BCUT2D eigenvalue weighted by Crippen LogP contribution is -2.33. The Bertz CT molecular complexity index is 955. The van der Waals surface area contributed by atoms with E-state index in [0.717, 1.165) is 50.0 Å². The highest BCUT2D eigenvalue weighted by atomic mass is 15.2. The number of fused-ring (bicyclic) bond motifs is 2. The van der Waals surface area contributed by atoms with Gasteiger partial charge in [0.15, 0.2) is 0 Å². The maximum Gasteiger partial charge on any atom is 0.121 e. The number of hydrogen-bond donors (Lipinski definition) is 2. The van der Waals surface area contributed by atoms with Gasteiger partial charge in [-0.25, -0.2) is 4.98 Å². The second-order valence-corrected chi connectivity index (χ2v) is 6.97. The Morgan fingerprint density at radius 3 is 3.19 bits per heavy atom. The van der Waals surface area contributed by atoms with Crippen molar-refractivity contribution in [1.82, 2.24) is 19.9 Å². The van der Waals surface area contributed by atoms with E-state index >= 15 is 0 Å². The number of aryl methyl sites for hydroxylation is 1. The molecule has 0 unspecified atom stereocenters. The van der Waals surface area contributed by atoms with Gasteiger partial charge in [0.25, 0.3) is 0 Å². The summed E-state index contributed by atoms with van der Waals surface area (Å²) in [5, 5.41) is 0. The van der Waals surface area contributed by atoms with Gasteiger partial charge in [0, 0.05) is 6.20 Å². The van der Waals surface area contributed by atoms with Crippen LogP contribution >= 0.6 is 0 Å². The van der Waals surface area contributed by atoms with Crippen LogP contribution in [-0.2, 0) is 13.0 Å². The lowest BCUT2D eigenvalue weighted by Gasteiger charge is -2.34. The van der Waals surface area contributed by atoms with Gasteiger partial charge in [0.2, 0.25) is 0 Å². The Balaban J connectivity index is 1.63. The number of para-hydroxylation sites is 2. The van der Waals surface area contributed by atoms with E-state index in [4.69, 9.17) is 13.5 Å².